The number of fused-ring (bicyclic) bond motifs is 1. The van der Waals surface area contributed by atoms with Gasteiger partial charge in [-0.3, -0.25) is 4.79 Å². The number of hydrogen-bond acceptors (Lipinski definition) is 2. The summed E-state index contributed by atoms with van der Waals surface area (Å²) in [7, 11) is 0. The lowest BCUT2D eigenvalue weighted by Gasteiger charge is -2.20. The van der Waals surface area contributed by atoms with Crippen LogP contribution >= 0.6 is 0 Å². The Balaban J connectivity index is 2.31. The van der Waals surface area contributed by atoms with Crippen molar-refractivity contribution in [2.45, 2.75) is 26.9 Å². The van der Waals surface area contributed by atoms with Crippen molar-refractivity contribution in [2.75, 3.05) is 0 Å². The summed E-state index contributed by atoms with van der Waals surface area (Å²) in [5.74, 6) is -0.327. The highest BCUT2D eigenvalue weighted by Crippen LogP contribution is 2.27. The lowest BCUT2D eigenvalue weighted by atomic mass is 9.88. The van der Waals surface area contributed by atoms with Crippen molar-refractivity contribution in [3.63, 3.8) is 0 Å². The minimum absolute atomic E-state index is 0.0508. The summed E-state index contributed by atoms with van der Waals surface area (Å²) in [5, 5.41) is 12.6. The van der Waals surface area contributed by atoms with Crippen LogP contribution in [0, 0.1) is 11.8 Å². The van der Waals surface area contributed by atoms with Gasteiger partial charge < -0.3 is 5.11 Å². The topological polar surface area (TPSA) is 37.3 Å². The number of hydrogen-bond donors (Lipinski definition) is 1. The van der Waals surface area contributed by atoms with E-state index in [1.54, 1.807) is 6.92 Å². The second kappa shape index (κ2) is 5.54. The fraction of sp³-hybridized carbons (Fsp3) is 0.353. The van der Waals surface area contributed by atoms with E-state index in [4.69, 9.17) is 0 Å². The maximum absolute atomic E-state index is 12.0. The predicted octanol–water partition coefficient (Wildman–Crippen LogP) is 3.73. The number of aliphatic hydroxyl groups excluding tert-OH is 1. The van der Waals surface area contributed by atoms with Gasteiger partial charge in [0, 0.05) is 11.8 Å². The third-order valence-corrected chi connectivity index (χ3v) is 3.61. The number of benzene rings is 2. The summed E-state index contributed by atoms with van der Waals surface area (Å²) in [5.41, 5.74) is 0.806. The monoisotopic (exact) mass is 256 g/mol. The molecule has 19 heavy (non-hydrogen) atoms. The molecule has 0 amide bonds. The zero-order valence-electron chi connectivity index (χ0n) is 11.6. The Bertz CT molecular complexity index is 587. The molecule has 2 nitrogen and oxygen atoms in total. The third kappa shape index (κ3) is 2.85. The highest BCUT2D eigenvalue weighted by Gasteiger charge is 2.25. The van der Waals surface area contributed by atoms with Crippen LogP contribution in [0.25, 0.3) is 10.8 Å². The van der Waals surface area contributed by atoms with E-state index in [9.17, 15) is 9.90 Å². The molecule has 2 aromatic carbocycles. The third-order valence-electron chi connectivity index (χ3n) is 3.61. The minimum Gasteiger partial charge on any atom is -0.388 e. The van der Waals surface area contributed by atoms with Crippen LogP contribution in [0.15, 0.2) is 42.5 Å². The standard InChI is InChI=1S/C17H20O2/c1-11(2)16(18)12(3)17(19)15-9-8-13-6-4-5-7-14(13)10-15/h4-12,17,19H,1-3H3. The Hall–Kier alpha value is -1.67. The molecule has 2 rings (SSSR count). The fourth-order valence-corrected chi connectivity index (χ4v) is 2.36. The van der Waals surface area contributed by atoms with E-state index in [0.29, 0.717) is 0 Å². The molecule has 2 atom stereocenters. The smallest absolute Gasteiger partial charge is 0.141 e. The van der Waals surface area contributed by atoms with E-state index in [0.717, 1.165) is 16.3 Å². The predicted molar refractivity (Wildman–Crippen MR) is 77.9 cm³/mol. The van der Waals surface area contributed by atoms with E-state index in [-0.39, 0.29) is 17.6 Å². The van der Waals surface area contributed by atoms with Crippen molar-refractivity contribution in [2.24, 2.45) is 11.8 Å². The molecule has 100 valence electrons. The number of carbonyl (C=O) groups is 1. The molecule has 0 radical (unpaired) electrons. The molecule has 0 aliphatic heterocycles. The molecule has 0 aliphatic carbocycles. The molecule has 0 aromatic heterocycles. The van der Waals surface area contributed by atoms with E-state index in [1.807, 2.05) is 56.3 Å². The summed E-state index contributed by atoms with van der Waals surface area (Å²) >= 11 is 0. The van der Waals surface area contributed by atoms with Gasteiger partial charge in [-0.2, -0.15) is 0 Å². The van der Waals surface area contributed by atoms with E-state index in [2.05, 4.69) is 0 Å². The van der Waals surface area contributed by atoms with Crippen LogP contribution in [0.3, 0.4) is 0 Å². The molecule has 0 fully saturated rings. The molecular weight excluding hydrogens is 236 g/mol. The molecule has 0 heterocycles. The van der Waals surface area contributed by atoms with Crippen LogP contribution < -0.4 is 0 Å². The van der Waals surface area contributed by atoms with Crippen molar-refractivity contribution in [1.82, 2.24) is 0 Å². The summed E-state index contributed by atoms with van der Waals surface area (Å²) in [6, 6.07) is 13.9. The first-order chi connectivity index (χ1) is 9.00. The molecule has 0 spiro atoms. The number of carbonyl (C=O) groups excluding carboxylic acids is 1. The largest absolute Gasteiger partial charge is 0.388 e. The maximum atomic E-state index is 12.0. The highest BCUT2D eigenvalue weighted by atomic mass is 16.3. The van der Waals surface area contributed by atoms with Crippen molar-refractivity contribution >= 4 is 16.6 Å². The van der Waals surface area contributed by atoms with Crippen LogP contribution in [0.5, 0.6) is 0 Å². The highest BCUT2D eigenvalue weighted by molar-refractivity contribution is 5.85. The lowest BCUT2D eigenvalue weighted by Crippen LogP contribution is -2.23. The summed E-state index contributed by atoms with van der Waals surface area (Å²) in [6.45, 7) is 5.53. The molecule has 0 bridgehead atoms. The van der Waals surface area contributed by atoms with Gasteiger partial charge in [-0.25, -0.2) is 0 Å². The summed E-state index contributed by atoms with van der Waals surface area (Å²) in [6.07, 6.45) is -0.737. The molecular formula is C17H20O2. The first-order valence-electron chi connectivity index (χ1n) is 6.71. The van der Waals surface area contributed by atoms with Crippen LogP contribution in [0.1, 0.15) is 32.4 Å². The Morgan fingerprint density at radius 2 is 1.63 bits per heavy atom. The fourth-order valence-electron chi connectivity index (χ4n) is 2.36. The first kappa shape index (κ1) is 13.8. The normalized spacial score (nSPS) is 14.6. The molecule has 0 aliphatic rings. The van der Waals surface area contributed by atoms with Crippen molar-refractivity contribution in [3.05, 3.63) is 48.0 Å². The summed E-state index contributed by atoms with van der Waals surface area (Å²) in [4.78, 5) is 12.0. The quantitative estimate of drug-likeness (QED) is 0.905. The zero-order chi connectivity index (χ0) is 14.0. The van der Waals surface area contributed by atoms with Crippen LogP contribution in [0.2, 0.25) is 0 Å². The number of ketones is 1. The van der Waals surface area contributed by atoms with Crippen molar-refractivity contribution in [3.8, 4) is 0 Å². The molecule has 0 saturated heterocycles. The Morgan fingerprint density at radius 1 is 1.00 bits per heavy atom. The molecule has 1 N–H and O–H groups in total. The average Bonchev–Trinajstić information content (AvgIpc) is 2.44. The molecule has 0 saturated carbocycles. The molecule has 2 unspecified atom stereocenters. The van der Waals surface area contributed by atoms with Crippen molar-refractivity contribution in [1.29, 1.82) is 0 Å². The van der Waals surface area contributed by atoms with Gasteiger partial charge in [-0.05, 0) is 22.4 Å². The van der Waals surface area contributed by atoms with Gasteiger partial charge >= 0.3 is 0 Å². The number of Topliss-reactive ketones (excluding diaryl/α,β-unsaturated/α-hetero) is 1. The van der Waals surface area contributed by atoms with Crippen LogP contribution in [-0.4, -0.2) is 10.9 Å². The van der Waals surface area contributed by atoms with Gasteiger partial charge in [-0.15, -0.1) is 0 Å². The van der Waals surface area contributed by atoms with Gasteiger partial charge in [0.15, 0.2) is 0 Å². The van der Waals surface area contributed by atoms with Gasteiger partial charge in [0.2, 0.25) is 0 Å². The van der Waals surface area contributed by atoms with Crippen molar-refractivity contribution < 1.29 is 9.90 Å². The van der Waals surface area contributed by atoms with Crippen LogP contribution in [-0.2, 0) is 4.79 Å². The van der Waals surface area contributed by atoms with E-state index >= 15 is 0 Å². The lowest BCUT2D eigenvalue weighted by molar-refractivity contribution is -0.128. The number of aliphatic hydroxyl groups is 1. The van der Waals surface area contributed by atoms with Gasteiger partial charge in [-0.1, -0.05) is 57.2 Å². The number of rotatable bonds is 4. The Labute approximate surface area is 114 Å². The Morgan fingerprint density at radius 3 is 2.26 bits per heavy atom. The molecule has 2 aromatic rings. The zero-order valence-corrected chi connectivity index (χ0v) is 11.6. The Kier molecular flexibility index (Phi) is 4.01. The average molecular weight is 256 g/mol. The van der Waals surface area contributed by atoms with Gasteiger partial charge in [0.1, 0.15) is 5.78 Å². The minimum atomic E-state index is -0.737. The second-order valence-corrected chi connectivity index (χ2v) is 5.40. The molecule has 2 heteroatoms. The van der Waals surface area contributed by atoms with Gasteiger partial charge in [0.05, 0.1) is 6.10 Å². The van der Waals surface area contributed by atoms with Crippen LogP contribution in [0.4, 0.5) is 0 Å². The van der Waals surface area contributed by atoms with Gasteiger partial charge in [0.25, 0.3) is 0 Å². The summed E-state index contributed by atoms with van der Waals surface area (Å²) < 4.78 is 0. The first-order valence-corrected chi connectivity index (χ1v) is 6.71. The SMILES string of the molecule is CC(C)C(=O)C(C)C(O)c1ccc2ccccc2c1. The second-order valence-electron chi connectivity index (χ2n) is 5.40. The maximum Gasteiger partial charge on any atom is 0.141 e. The van der Waals surface area contributed by atoms with E-state index < -0.39 is 6.10 Å². The van der Waals surface area contributed by atoms with E-state index in [1.165, 1.54) is 0 Å².